The Hall–Kier alpha value is -1.63. The van der Waals surface area contributed by atoms with Crippen molar-refractivity contribution in [3.8, 4) is 0 Å². The molecule has 1 N–H and O–H groups in total. The summed E-state index contributed by atoms with van der Waals surface area (Å²) in [5.74, 6) is -0.679. The van der Waals surface area contributed by atoms with Gasteiger partial charge in [0, 0.05) is 0 Å². The smallest absolute Gasteiger partial charge is 0.346 e. The molecule has 2 rings (SSSR count). The second-order valence-electron chi connectivity index (χ2n) is 4.52. The molecule has 1 aromatic rings. The van der Waals surface area contributed by atoms with Crippen LogP contribution >= 0.6 is 0 Å². The Morgan fingerprint density at radius 3 is 2.89 bits per heavy atom. The SMILES string of the molecule is CC[C@H](C)[C@@H](C(=O)O)n1nc2n(c1=O)CCOC2. The van der Waals surface area contributed by atoms with Crippen molar-refractivity contribution < 1.29 is 14.6 Å². The first kappa shape index (κ1) is 12.8. The summed E-state index contributed by atoms with van der Waals surface area (Å²) in [4.78, 5) is 23.4. The molecule has 100 valence electrons. The van der Waals surface area contributed by atoms with Gasteiger partial charge in [-0.3, -0.25) is 4.57 Å². The summed E-state index contributed by atoms with van der Waals surface area (Å²) in [6.07, 6.45) is 0.669. The van der Waals surface area contributed by atoms with Crippen molar-refractivity contribution in [1.82, 2.24) is 14.3 Å². The Bertz CT molecular complexity index is 505. The number of hydrogen-bond acceptors (Lipinski definition) is 4. The molecule has 2 heterocycles. The van der Waals surface area contributed by atoms with E-state index in [0.29, 0.717) is 25.4 Å². The van der Waals surface area contributed by atoms with Gasteiger partial charge in [-0.1, -0.05) is 20.3 Å². The quantitative estimate of drug-likeness (QED) is 0.833. The summed E-state index contributed by atoms with van der Waals surface area (Å²) in [7, 11) is 0. The van der Waals surface area contributed by atoms with Crippen molar-refractivity contribution in [3.63, 3.8) is 0 Å². The van der Waals surface area contributed by atoms with E-state index in [4.69, 9.17) is 4.74 Å². The first-order valence-corrected chi connectivity index (χ1v) is 6.05. The van der Waals surface area contributed by atoms with Crippen molar-refractivity contribution >= 4 is 5.97 Å². The van der Waals surface area contributed by atoms with Crippen LogP contribution in [0.3, 0.4) is 0 Å². The maximum Gasteiger partial charge on any atom is 0.346 e. The standard InChI is InChI=1S/C11H17N3O4/c1-3-7(2)9(10(15)16)14-11(17)13-4-5-18-6-8(13)12-14/h7,9H,3-6H2,1-2H3,(H,15,16)/t7-,9-/m0/s1. The molecule has 7 nitrogen and oxygen atoms in total. The normalized spacial score (nSPS) is 18.1. The molecular formula is C11H17N3O4. The molecule has 0 amide bonds. The van der Waals surface area contributed by atoms with Crippen LogP contribution < -0.4 is 5.69 Å². The monoisotopic (exact) mass is 255 g/mol. The van der Waals surface area contributed by atoms with E-state index in [9.17, 15) is 14.7 Å². The fraction of sp³-hybridized carbons (Fsp3) is 0.727. The number of fused-ring (bicyclic) bond motifs is 1. The molecule has 2 atom stereocenters. The molecule has 0 spiro atoms. The summed E-state index contributed by atoms with van der Waals surface area (Å²) in [6.45, 7) is 4.85. The van der Waals surface area contributed by atoms with Gasteiger partial charge in [0.15, 0.2) is 11.9 Å². The molecule has 1 aromatic heterocycles. The number of carboxylic acids is 1. The van der Waals surface area contributed by atoms with Gasteiger partial charge in [-0.05, 0) is 5.92 Å². The molecule has 0 fully saturated rings. The van der Waals surface area contributed by atoms with Crippen molar-refractivity contribution in [2.45, 2.75) is 39.5 Å². The summed E-state index contributed by atoms with van der Waals surface area (Å²) in [5, 5.41) is 13.4. The van der Waals surface area contributed by atoms with E-state index in [1.54, 1.807) is 6.92 Å². The molecule has 7 heteroatoms. The van der Waals surface area contributed by atoms with Gasteiger partial charge >= 0.3 is 11.7 Å². The predicted molar refractivity (Wildman–Crippen MR) is 62.3 cm³/mol. The highest BCUT2D eigenvalue weighted by Crippen LogP contribution is 2.19. The zero-order chi connectivity index (χ0) is 13.3. The number of aliphatic carboxylic acids is 1. The highest BCUT2D eigenvalue weighted by molar-refractivity contribution is 5.72. The fourth-order valence-corrected chi connectivity index (χ4v) is 2.10. The molecule has 0 radical (unpaired) electrons. The van der Waals surface area contributed by atoms with Crippen LogP contribution in [-0.2, 0) is 22.7 Å². The lowest BCUT2D eigenvalue weighted by Crippen LogP contribution is -2.36. The van der Waals surface area contributed by atoms with Crippen LogP contribution in [0.2, 0.25) is 0 Å². The van der Waals surface area contributed by atoms with Gasteiger partial charge in [-0.25, -0.2) is 9.59 Å². The van der Waals surface area contributed by atoms with Crippen LogP contribution in [0.4, 0.5) is 0 Å². The van der Waals surface area contributed by atoms with E-state index in [1.165, 1.54) is 4.57 Å². The molecular weight excluding hydrogens is 238 g/mol. The van der Waals surface area contributed by atoms with Crippen molar-refractivity contribution in [3.05, 3.63) is 16.3 Å². The minimum absolute atomic E-state index is 0.155. The van der Waals surface area contributed by atoms with Crippen LogP contribution in [0.15, 0.2) is 4.79 Å². The van der Waals surface area contributed by atoms with Crippen molar-refractivity contribution in [2.24, 2.45) is 5.92 Å². The second-order valence-corrected chi connectivity index (χ2v) is 4.52. The number of carbonyl (C=O) groups is 1. The predicted octanol–water partition coefficient (Wildman–Crippen LogP) is 0.247. The van der Waals surface area contributed by atoms with Crippen molar-refractivity contribution in [2.75, 3.05) is 6.61 Å². The molecule has 0 saturated carbocycles. The van der Waals surface area contributed by atoms with E-state index >= 15 is 0 Å². The van der Waals surface area contributed by atoms with Crippen molar-refractivity contribution in [1.29, 1.82) is 0 Å². The van der Waals surface area contributed by atoms with E-state index in [0.717, 1.165) is 4.68 Å². The summed E-state index contributed by atoms with van der Waals surface area (Å²) in [5.41, 5.74) is -0.360. The minimum atomic E-state index is -1.03. The molecule has 0 aromatic carbocycles. The molecule has 0 aliphatic carbocycles. The number of aromatic nitrogens is 3. The third kappa shape index (κ3) is 2.05. The lowest BCUT2D eigenvalue weighted by atomic mass is 10.00. The van der Waals surface area contributed by atoms with Gasteiger partial charge in [-0.2, -0.15) is 9.78 Å². The molecule has 18 heavy (non-hydrogen) atoms. The average molecular weight is 255 g/mol. The lowest BCUT2D eigenvalue weighted by molar-refractivity contribution is -0.143. The van der Waals surface area contributed by atoms with Gasteiger partial charge in [0.2, 0.25) is 0 Å². The Labute approximate surface area is 104 Å². The molecule has 1 aliphatic heterocycles. The van der Waals surface area contributed by atoms with Crippen LogP contribution in [0.1, 0.15) is 32.1 Å². The molecule has 0 unspecified atom stereocenters. The number of hydrogen-bond donors (Lipinski definition) is 1. The van der Waals surface area contributed by atoms with Crippen LogP contribution in [0, 0.1) is 5.92 Å². The summed E-state index contributed by atoms with van der Waals surface area (Å²) >= 11 is 0. The van der Waals surface area contributed by atoms with Gasteiger partial charge in [0.1, 0.15) is 6.61 Å². The Morgan fingerprint density at radius 1 is 1.61 bits per heavy atom. The summed E-state index contributed by atoms with van der Waals surface area (Å²) < 4.78 is 7.78. The maximum atomic E-state index is 12.1. The lowest BCUT2D eigenvalue weighted by Gasteiger charge is -2.17. The van der Waals surface area contributed by atoms with Crippen LogP contribution in [0.25, 0.3) is 0 Å². The Balaban J connectivity index is 2.45. The zero-order valence-electron chi connectivity index (χ0n) is 10.5. The third-order valence-electron chi connectivity index (χ3n) is 3.35. The third-order valence-corrected chi connectivity index (χ3v) is 3.35. The Morgan fingerprint density at radius 2 is 2.33 bits per heavy atom. The molecule has 0 bridgehead atoms. The second kappa shape index (κ2) is 4.93. The van der Waals surface area contributed by atoms with E-state index < -0.39 is 12.0 Å². The van der Waals surface area contributed by atoms with E-state index in [2.05, 4.69) is 5.10 Å². The van der Waals surface area contributed by atoms with E-state index in [-0.39, 0.29) is 18.2 Å². The highest BCUT2D eigenvalue weighted by Gasteiger charge is 2.30. The van der Waals surface area contributed by atoms with Gasteiger partial charge in [0.25, 0.3) is 0 Å². The fourth-order valence-electron chi connectivity index (χ4n) is 2.10. The number of carboxylic acid groups (broad SMARTS) is 1. The number of rotatable bonds is 4. The molecule has 0 saturated heterocycles. The Kier molecular flexibility index (Phi) is 3.51. The van der Waals surface area contributed by atoms with Crippen LogP contribution in [-0.4, -0.2) is 32.0 Å². The first-order valence-electron chi connectivity index (χ1n) is 6.05. The number of ether oxygens (including phenoxy) is 1. The largest absolute Gasteiger partial charge is 0.480 e. The van der Waals surface area contributed by atoms with Crippen LogP contribution in [0.5, 0.6) is 0 Å². The van der Waals surface area contributed by atoms with Gasteiger partial charge in [0.05, 0.1) is 13.2 Å². The zero-order valence-corrected chi connectivity index (χ0v) is 10.5. The maximum absolute atomic E-state index is 12.1. The topological polar surface area (TPSA) is 86.4 Å². The highest BCUT2D eigenvalue weighted by atomic mass is 16.5. The van der Waals surface area contributed by atoms with Gasteiger partial charge < -0.3 is 9.84 Å². The number of nitrogens with zero attached hydrogens (tertiary/aromatic N) is 3. The minimum Gasteiger partial charge on any atom is -0.480 e. The molecule has 1 aliphatic rings. The summed E-state index contributed by atoms with van der Waals surface area (Å²) in [6, 6.07) is -0.916. The van der Waals surface area contributed by atoms with E-state index in [1.807, 2.05) is 6.92 Å². The average Bonchev–Trinajstić information content (AvgIpc) is 2.67. The van der Waals surface area contributed by atoms with Gasteiger partial charge in [-0.15, -0.1) is 0 Å². The first-order chi connectivity index (χ1) is 8.56.